The molecule has 3 fully saturated rings. The van der Waals surface area contributed by atoms with E-state index in [-0.39, 0.29) is 5.60 Å². The smallest absolute Gasteiger partial charge is 0.0795 e. The van der Waals surface area contributed by atoms with E-state index < -0.39 is 0 Å². The second-order valence-corrected chi connectivity index (χ2v) is 6.63. The molecule has 0 amide bonds. The van der Waals surface area contributed by atoms with Gasteiger partial charge in [0.05, 0.1) is 5.60 Å². The molecule has 3 nitrogen and oxygen atoms in total. The van der Waals surface area contributed by atoms with Crippen LogP contribution in [0.1, 0.15) is 25.7 Å². The molecule has 0 aromatic carbocycles. The fourth-order valence-corrected chi connectivity index (χ4v) is 4.70. The van der Waals surface area contributed by atoms with Crippen LogP contribution in [0.15, 0.2) is 0 Å². The lowest BCUT2D eigenvalue weighted by molar-refractivity contribution is -0.0868. The van der Waals surface area contributed by atoms with Crippen molar-refractivity contribution < 1.29 is 4.74 Å². The van der Waals surface area contributed by atoms with E-state index in [1.54, 1.807) is 0 Å². The number of thioether (sulfide) groups is 1. The first kappa shape index (κ1) is 11.3. The molecule has 3 heterocycles. The predicted octanol–water partition coefficient (Wildman–Crippen LogP) is 1.07. The Kier molecular flexibility index (Phi) is 3.17. The average molecular weight is 242 g/mol. The van der Waals surface area contributed by atoms with Gasteiger partial charge in [-0.15, -0.1) is 0 Å². The van der Waals surface area contributed by atoms with Crippen LogP contribution in [0.3, 0.4) is 0 Å². The van der Waals surface area contributed by atoms with E-state index in [0.29, 0.717) is 6.04 Å². The van der Waals surface area contributed by atoms with E-state index in [2.05, 4.69) is 16.7 Å². The molecule has 2 N–H and O–H groups in total. The molecule has 92 valence electrons. The van der Waals surface area contributed by atoms with E-state index >= 15 is 0 Å². The molecule has 3 atom stereocenters. The summed E-state index contributed by atoms with van der Waals surface area (Å²) < 4.78 is 6.06. The summed E-state index contributed by atoms with van der Waals surface area (Å²) >= 11 is 2.06. The Labute approximate surface area is 102 Å². The Bertz CT molecular complexity index is 255. The molecule has 0 aliphatic carbocycles. The van der Waals surface area contributed by atoms with Gasteiger partial charge in [-0.1, -0.05) is 0 Å². The summed E-state index contributed by atoms with van der Waals surface area (Å²) in [5, 5.41) is 0. The largest absolute Gasteiger partial charge is 0.374 e. The van der Waals surface area contributed by atoms with Gasteiger partial charge >= 0.3 is 0 Å². The second-order valence-electron chi connectivity index (χ2n) is 5.52. The molecule has 16 heavy (non-hydrogen) atoms. The Hall–Kier alpha value is 0.230. The molecule has 1 spiro atoms. The SMILES string of the molecule is NC1CCN(C2CCOC3(CCSC3)C2)C1. The van der Waals surface area contributed by atoms with Crippen molar-refractivity contribution in [2.24, 2.45) is 5.73 Å². The molecule has 3 saturated heterocycles. The maximum Gasteiger partial charge on any atom is 0.0795 e. The van der Waals surface area contributed by atoms with Crippen LogP contribution in [-0.2, 0) is 4.74 Å². The molecule has 0 radical (unpaired) electrons. The van der Waals surface area contributed by atoms with Gasteiger partial charge in [0, 0.05) is 37.5 Å². The lowest BCUT2D eigenvalue weighted by Crippen LogP contribution is -2.48. The highest BCUT2D eigenvalue weighted by Crippen LogP contribution is 2.39. The molecule has 0 aromatic rings. The molecule has 3 rings (SSSR count). The van der Waals surface area contributed by atoms with Crippen molar-refractivity contribution in [3.05, 3.63) is 0 Å². The zero-order chi connectivity index (χ0) is 11.0. The fourth-order valence-electron chi connectivity index (χ4n) is 3.32. The molecule has 0 aromatic heterocycles. The van der Waals surface area contributed by atoms with Crippen LogP contribution >= 0.6 is 11.8 Å². The molecular formula is C12H22N2OS. The van der Waals surface area contributed by atoms with Crippen LogP contribution in [0.2, 0.25) is 0 Å². The van der Waals surface area contributed by atoms with E-state index in [1.165, 1.54) is 43.7 Å². The molecule has 3 aliphatic rings. The standard InChI is InChI=1S/C12H22N2OS/c13-10-1-4-14(8-10)11-2-5-15-12(7-11)3-6-16-9-12/h10-11H,1-9,13H2. The normalized spacial score (nSPS) is 45.6. The maximum absolute atomic E-state index is 6.06. The lowest BCUT2D eigenvalue weighted by atomic mass is 9.89. The number of nitrogens with two attached hydrogens (primary N) is 1. The zero-order valence-corrected chi connectivity index (χ0v) is 10.7. The highest BCUT2D eigenvalue weighted by atomic mass is 32.2. The van der Waals surface area contributed by atoms with Gasteiger partial charge in [-0.2, -0.15) is 11.8 Å². The van der Waals surface area contributed by atoms with Crippen LogP contribution in [0.4, 0.5) is 0 Å². The third kappa shape index (κ3) is 2.13. The Balaban J connectivity index is 1.63. The number of rotatable bonds is 1. The van der Waals surface area contributed by atoms with Crippen LogP contribution in [-0.4, -0.2) is 53.8 Å². The predicted molar refractivity (Wildman–Crippen MR) is 67.8 cm³/mol. The van der Waals surface area contributed by atoms with Crippen LogP contribution in [0.5, 0.6) is 0 Å². The molecular weight excluding hydrogens is 220 g/mol. The van der Waals surface area contributed by atoms with Crippen LogP contribution < -0.4 is 5.73 Å². The summed E-state index contributed by atoms with van der Waals surface area (Å²) in [5.74, 6) is 2.50. The van der Waals surface area contributed by atoms with Gasteiger partial charge in [-0.05, 0) is 31.4 Å². The summed E-state index contributed by atoms with van der Waals surface area (Å²) in [7, 11) is 0. The molecule has 3 unspecified atom stereocenters. The van der Waals surface area contributed by atoms with Crippen molar-refractivity contribution in [1.29, 1.82) is 0 Å². The first-order chi connectivity index (χ1) is 7.77. The molecule has 3 aliphatic heterocycles. The third-order valence-electron chi connectivity index (χ3n) is 4.31. The minimum absolute atomic E-state index is 0.222. The minimum Gasteiger partial charge on any atom is -0.374 e. The van der Waals surface area contributed by atoms with E-state index in [9.17, 15) is 0 Å². The molecule has 4 heteroatoms. The first-order valence-electron chi connectivity index (χ1n) is 6.49. The number of likely N-dealkylation sites (tertiary alicyclic amines) is 1. The van der Waals surface area contributed by atoms with Crippen molar-refractivity contribution in [1.82, 2.24) is 4.90 Å². The van der Waals surface area contributed by atoms with Crippen molar-refractivity contribution in [3.63, 3.8) is 0 Å². The summed E-state index contributed by atoms with van der Waals surface area (Å²) in [6.45, 7) is 3.26. The lowest BCUT2D eigenvalue weighted by Gasteiger charge is -2.41. The topological polar surface area (TPSA) is 38.5 Å². The highest BCUT2D eigenvalue weighted by Gasteiger charge is 2.42. The number of nitrogens with zero attached hydrogens (tertiary/aromatic N) is 1. The van der Waals surface area contributed by atoms with E-state index in [1.807, 2.05) is 0 Å². The highest BCUT2D eigenvalue weighted by molar-refractivity contribution is 7.99. The Morgan fingerprint density at radius 1 is 1.38 bits per heavy atom. The van der Waals surface area contributed by atoms with Gasteiger partial charge in [0.15, 0.2) is 0 Å². The second kappa shape index (κ2) is 4.48. The van der Waals surface area contributed by atoms with Crippen LogP contribution in [0.25, 0.3) is 0 Å². The van der Waals surface area contributed by atoms with Gasteiger partial charge in [0.25, 0.3) is 0 Å². The monoisotopic (exact) mass is 242 g/mol. The Morgan fingerprint density at radius 2 is 2.31 bits per heavy atom. The maximum atomic E-state index is 6.06. The summed E-state index contributed by atoms with van der Waals surface area (Å²) in [6, 6.07) is 1.15. The van der Waals surface area contributed by atoms with Crippen molar-refractivity contribution >= 4 is 11.8 Å². The quantitative estimate of drug-likeness (QED) is 0.746. The van der Waals surface area contributed by atoms with Gasteiger partial charge in [0.2, 0.25) is 0 Å². The van der Waals surface area contributed by atoms with Gasteiger partial charge in [0.1, 0.15) is 0 Å². The number of hydrogen-bond donors (Lipinski definition) is 1. The van der Waals surface area contributed by atoms with Crippen molar-refractivity contribution in [3.8, 4) is 0 Å². The van der Waals surface area contributed by atoms with Gasteiger partial charge < -0.3 is 10.5 Å². The van der Waals surface area contributed by atoms with E-state index in [4.69, 9.17) is 10.5 Å². The van der Waals surface area contributed by atoms with Crippen molar-refractivity contribution in [2.75, 3.05) is 31.2 Å². The minimum atomic E-state index is 0.222. The fraction of sp³-hybridized carbons (Fsp3) is 1.00. The number of hydrogen-bond acceptors (Lipinski definition) is 4. The molecule has 0 bridgehead atoms. The Morgan fingerprint density at radius 3 is 3.00 bits per heavy atom. The third-order valence-corrected chi connectivity index (χ3v) is 5.53. The van der Waals surface area contributed by atoms with E-state index in [0.717, 1.165) is 19.2 Å². The van der Waals surface area contributed by atoms with Gasteiger partial charge in [-0.3, -0.25) is 4.90 Å². The van der Waals surface area contributed by atoms with Gasteiger partial charge in [-0.25, -0.2) is 0 Å². The summed E-state index contributed by atoms with van der Waals surface area (Å²) in [6.07, 6.45) is 4.89. The number of ether oxygens (including phenoxy) is 1. The summed E-state index contributed by atoms with van der Waals surface area (Å²) in [4.78, 5) is 2.61. The first-order valence-corrected chi connectivity index (χ1v) is 7.64. The summed E-state index contributed by atoms with van der Waals surface area (Å²) in [5.41, 5.74) is 6.22. The molecule has 0 saturated carbocycles. The van der Waals surface area contributed by atoms with Crippen molar-refractivity contribution in [2.45, 2.75) is 43.4 Å². The average Bonchev–Trinajstić information content (AvgIpc) is 2.89. The zero-order valence-electron chi connectivity index (χ0n) is 9.86. The van der Waals surface area contributed by atoms with Crippen LogP contribution in [0, 0.1) is 0 Å².